The summed E-state index contributed by atoms with van der Waals surface area (Å²) in [6.07, 6.45) is 0. The fourth-order valence-electron chi connectivity index (χ4n) is 3.49. The van der Waals surface area contributed by atoms with E-state index in [4.69, 9.17) is 19.9 Å². The summed E-state index contributed by atoms with van der Waals surface area (Å²) in [5, 5.41) is 17.0. The van der Waals surface area contributed by atoms with Crippen molar-refractivity contribution in [2.24, 2.45) is 5.73 Å². The van der Waals surface area contributed by atoms with Crippen LogP contribution in [0.1, 0.15) is 28.3 Å². The summed E-state index contributed by atoms with van der Waals surface area (Å²) in [4.78, 5) is 0. The summed E-state index contributed by atoms with van der Waals surface area (Å²) in [6, 6.07) is 17.8. The fraction of sp³-hybridized carbons (Fsp3) is 0.182. The van der Waals surface area contributed by atoms with Crippen molar-refractivity contribution < 1.29 is 14.2 Å². The third-order valence-electron chi connectivity index (χ3n) is 4.83. The number of fused-ring (bicyclic) bond motifs is 1. The first-order valence-corrected chi connectivity index (χ1v) is 10.0. The second-order valence-electron chi connectivity index (χ2n) is 6.74. The standard InChI is InChI=1S/C22H19BrN4O3/c1-28-12-17-20-19(16(10-24)21(25)30-22(20)27-26-17)15-9-14(23)7-8-18(15)29-11-13-5-3-2-4-6-13/h2-9,19H,11-12,25H2,1H3,(H,26,27). The Morgan fingerprint density at radius 3 is 2.77 bits per heavy atom. The monoisotopic (exact) mass is 466 g/mol. The molecular formula is C22H19BrN4O3. The van der Waals surface area contributed by atoms with E-state index >= 15 is 0 Å². The highest BCUT2D eigenvalue weighted by Gasteiger charge is 2.36. The molecule has 1 unspecified atom stereocenters. The number of allylic oxidation sites excluding steroid dienone is 1. The summed E-state index contributed by atoms with van der Waals surface area (Å²) in [5.41, 5.74) is 9.61. The molecule has 2 aromatic carbocycles. The smallest absolute Gasteiger partial charge is 0.244 e. The molecule has 8 heteroatoms. The molecule has 0 fully saturated rings. The number of aromatic nitrogens is 2. The number of H-pyrrole nitrogens is 1. The Morgan fingerprint density at radius 1 is 1.23 bits per heavy atom. The van der Waals surface area contributed by atoms with Crippen LogP contribution in [0.4, 0.5) is 0 Å². The predicted molar refractivity (Wildman–Crippen MR) is 114 cm³/mol. The molecule has 0 bridgehead atoms. The van der Waals surface area contributed by atoms with Gasteiger partial charge in [0.25, 0.3) is 0 Å². The van der Waals surface area contributed by atoms with Crippen LogP contribution in [0.5, 0.6) is 11.6 Å². The quantitative estimate of drug-likeness (QED) is 0.565. The van der Waals surface area contributed by atoms with Crippen molar-refractivity contribution in [3.63, 3.8) is 0 Å². The van der Waals surface area contributed by atoms with Crippen molar-refractivity contribution in [2.45, 2.75) is 19.1 Å². The average molecular weight is 467 g/mol. The molecule has 0 amide bonds. The second-order valence-corrected chi connectivity index (χ2v) is 7.65. The van der Waals surface area contributed by atoms with Crippen LogP contribution >= 0.6 is 15.9 Å². The molecule has 0 aliphatic carbocycles. The molecule has 7 nitrogen and oxygen atoms in total. The van der Waals surface area contributed by atoms with E-state index in [9.17, 15) is 5.26 Å². The van der Waals surface area contributed by atoms with Crippen molar-refractivity contribution in [2.75, 3.05) is 7.11 Å². The van der Waals surface area contributed by atoms with Crippen molar-refractivity contribution in [1.82, 2.24) is 10.2 Å². The maximum atomic E-state index is 9.86. The number of rotatable bonds is 6. The molecule has 2 heterocycles. The molecule has 3 aromatic rings. The van der Waals surface area contributed by atoms with Gasteiger partial charge in [-0.15, -0.1) is 5.10 Å². The van der Waals surface area contributed by atoms with Crippen LogP contribution in [0, 0.1) is 11.3 Å². The molecule has 0 saturated heterocycles. The highest BCUT2D eigenvalue weighted by molar-refractivity contribution is 9.10. The van der Waals surface area contributed by atoms with Gasteiger partial charge in [0.1, 0.15) is 24.0 Å². The zero-order valence-corrected chi connectivity index (χ0v) is 17.8. The summed E-state index contributed by atoms with van der Waals surface area (Å²) >= 11 is 3.53. The first-order chi connectivity index (χ1) is 14.6. The first-order valence-electron chi connectivity index (χ1n) is 9.22. The van der Waals surface area contributed by atoms with Crippen LogP contribution in [0.2, 0.25) is 0 Å². The number of nitrogens with one attached hydrogen (secondary N) is 1. The molecule has 0 saturated carbocycles. The van der Waals surface area contributed by atoms with Crippen LogP contribution in [-0.2, 0) is 18.0 Å². The molecule has 3 N–H and O–H groups in total. The Hall–Kier alpha value is -3.28. The molecule has 1 aromatic heterocycles. The summed E-state index contributed by atoms with van der Waals surface area (Å²) in [5.74, 6) is 0.493. The lowest BCUT2D eigenvalue weighted by molar-refractivity contribution is 0.180. The van der Waals surface area contributed by atoms with Gasteiger partial charge in [-0.1, -0.05) is 46.3 Å². The molecule has 30 heavy (non-hydrogen) atoms. The van der Waals surface area contributed by atoms with Crippen molar-refractivity contribution >= 4 is 15.9 Å². The van der Waals surface area contributed by atoms with Crippen LogP contribution in [0.15, 0.2) is 64.5 Å². The number of halogens is 1. The lowest BCUT2D eigenvalue weighted by Crippen LogP contribution is -2.22. The number of ether oxygens (including phenoxy) is 3. The van der Waals surface area contributed by atoms with E-state index in [1.807, 2.05) is 48.5 Å². The van der Waals surface area contributed by atoms with Crippen LogP contribution in [0.25, 0.3) is 0 Å². The second kappa shape index (κ2) is 8.61. The zero-order valence-electron chi connectivity index (χ0n) is 16.2. The van der Waals surface area contributed by atoms with E-state index in [0.29, 0.717) is 35.1 Å². The third-order valence-corrected chi connectivity index (χ3v) is 5.32. The number of benzene rings is 2. The molecule has 1 atom stereocenters. The lowest BCUT2D eigenvalue weighted by atomic mass is 9.83. The van der Waals surface area contributed by atoms with Crippen LogP contribution < -0.4 is 15.2 Å². The maximum Gasteiger partial charge on any atom is 0.244 e. The van der Waals surface area contributed by atoms with Gasteiger partial charge < -0.3 is 19.9 Å². The van der Waals surface area contributed by atoms with Gasteiger partial charge in [0.2, 0.25) is 11.8 Å². The normalized spacial score (nSPS) is 15.3. The zero-order chi connectivity index (χ0) is 21.1. The minimum Gasteiger partial charge on any atom is -0.489 e. The Balaban J connectivity index is 1.81. The Labute approximate surface area is 182 Å². The number of nitrogens with two attached hydrogens (primary N) is 1. The third kappa shape index (κ3) is 3.77. The van der Waals surface area contributed by atoms with Crippen molar-refractivity contribution in [1.29, 1.82) is 5.26 Å². The Kier molecular flexibility index (Phi) is 5.74. The molecular weight excluding hydrogens is 448 g/mol. The number of nitrogens with zero attached hydrogens (tertiary/aromatic N) is 2. The lowest BCUT2D eigenvalue weighted by Gasteiger charge is -2.26. The maximum absolute atomic E-state index is 9.86. The van der Waals surface area contributed by atoms with Gasteiger partial charge >= 0.3 is 0 Å². The van der Waals surface area contributed by atoms with E-state index < -0.39 is 5.92 Å². The van der Waals surface area contributed by atoms with Crippen LogP contribution in [0.3, 0.4) is 0 Å². The number of hydrogen-bond acceptors (Lipinski definition) is 6. The summed E-state index contributed by atoms with van der Waals surface area (Å²) < 4.78 is 17.9. The van der Waals surface area contributed by atoms with E-state index in [1.54, 1.807) is 7.11 Å². The highest BCUT2D eigenvalue weighted by atomic mass is 79.9. The van der Waals surface area contributed by atoms with Crippen molar-refractivity contribution in [3.8, 4) is 17.7 Å². The van der Waals surface area contributed by atoms with Gasteiger partial charge in [0, 0.05) is 17.1 Å². The van der Waals surface area contributed by atoms with Gasteiger partial charge in [-0.25, -0.2) is 0 Å². The highest BCUT2D eigenvalue weighted by Crippen LogP contribution is 2.46. The summed E-state index contributed by atoms with van der Waals surface area (Å²) in [7, 11) is 1.59. The van der Waals surface area contributed by atoms with Crippen LogP contribution in [-0.4, -0.2) is 17.3 Å². The largest absolute Gasteiger partial charge is 0.489 e. The van der Waals surface area contributed by atoms with Gasteiger partial charge in [-0.3, -0.25) is 5.10 Å². The Morgan fingerprint density at radius 2 is 2.03 bits per heavy atom. The minimum absolute atomic E-state index is 0.0273. The predicted octanol–water partition coefficient (Wildman–Crippen LogP) is 4.12. The minimum atomic E-state index is -0.508. The van der Waals surface area contributed by atoms with E-state index in [0.717, 1.165) is 15.6 Å². The van der Waals surface area contributed by atoms with Crippen molar-refractivity contribution in [3.05, 3.63) is 86.8 Å². The topological polar surface area (TPSA) is 106 Å². The van der Waals surface area contributed by atoms with E-state index in [1.165, 1.54) is 0 Å². The molecule has 0 spiro atoms. The van der Waals surface area contributed by atoms with E-state index in [2.05, 4.69) is 32.2 Å². The van der Waals surface area contributed by atoms with Gasteiger partial charge in [-0.05, 0) is 23.8 Å². The number of methoxy groups -OCH3 is 1. The first kappa shape index (κ1) is 20.0. The molecule has 1 aliphatic rings. The number of nitriles is 1. The molecule has 1 aliphatic heterocycles. The van der Waals surface area contributed by atoms with E-state index in [-0.39, 0.29) is 12.5 Å². The molecule has 4 rings (SSSR count). The van der Waals surface area contributed by atoms with Gasteiger partial charge in [0.15, 0.2) is 0 Å². The molecule has 152 valence electrons. The average Bonchev–Trinajstić information content (AvgIpc) is 3.15. The van der Waals surface area contributed by atoms with Gasteiger partial charge in [-0.2, -0.15) is 5.26 Å². The van der Waals surface area contributed by atoms with Gasteiger partial charge in [0.05, 0.1) is 23.8 Å². The number of aromatic amines is 1. The summed E-state index contributed by atoms with van der Waals surface area (Å²) in [6.45, 7) is 0.679. The fourth-order valence-corrected chi connectivity index (χ4v) is 3.86. The molecule has 0 radical (unpaired) electrons. The SMILES string of the molecule is COCc1[nH]nc2c1C(c1cc(Br)ccc1OCc1ccccc1)C(C#N)=C(N)O2. The number of hydrogen-bond donors (Lipinski definition) is 2. The Bertz CT molecular complexity index is 1140.